The van der Waals surface area contributed by atoms with E-state index in [2.05, 4.69) is 41.1 Å². The average Bonchev–Trinajstić information content (AvgIpc) is 2.70. The molecule has 0 radical (unpaired) electrons. The van der Waals surface area contributed by atoms with Crippen molar-refractivity contribution in [3.8, 4) is 11.5 Å². The van der Waals surface area contributed by atoms with E-state index in [-0.39, 0.29) is 0 Å². The van der Waals surface area contributed by atoms with Crippen molar-refractivity contribution in [1.29, 1.82) is 0 Å². The summed E-state index contributed by atoms with van der Waals surface area (Å²) < 4.78 is 11.0. The Labute approximate surface area is 166 Å². The Hall–Kier alpha value is -2.47. The number of benzene rings is 2. The number of ether oxygens (including phenoxy) is 2. The van der Waals surface area contributed by atoms with Crippen LogP contribution in [0.15, 0.2) is 36.4 Å². The predicted molar refractivity (Wildman–Crippen MR) is 115 cm³/mol. The number of hydrogen-bond donors (Lipinski definition) is 1. The van der Waals surface area contributed by atoms with Crippen molar-refractivity contribution in [3.63, 3.8) is 0 Å². The van der Waals surface area contributed by atoms with Gasteiger partial charge in [-0.2, -0.15) is 0 Å². The summed E-state index contributed by atoms with van der Waals surface area (Å²) in [6.07, 6.45) is 0. The summed E-state index contributed by atoms with van der Waals surface area (Å²) in [7, 11) is 3.40. The van der Waals surface area contributed by atoms with Crippen LogP contribution in [0.2, 0.25) is 0 Å². The van der Waals surface area contributed by atoms with Crippen LogP contribution in [-0.4, -0.2) is 50.4 Å². The molecule has 2 aromatic carbocycles. The fraction of sp³-hybridized carbons (Fsp3) is 0.381. The molecular formula is C21H27N3O2S. The highest BCUT2D eigenvalue weighted by Gasteiger charge is 2.21. The van der Waals surface area contributed by atoms with Crippen LogP contribution in [0.5, 0.6) is 11.5 Å². The summed E-state index contributed by atoms with van der Waals surface area (Å²) in [5.41, 5.74) is 4.46. The molecule has 0 amide bonds. The van der Waals surface area contributed by atoms with Crippen molar-refractivity contribution in [1.82, 2.24) is 4.90 Å². The molecule has 0 saturated carbocycles. The molecule has 27 heavy (non-hydrogen) atoms. The number of para-hydroxylation sites is 2. The zero-order valence-electron chi connectivity index (χ0n) is 16.4. The first kappa shape index (κ1) is 19.3. The number of rotatable bonds is 4. The van der Waals surface area contributed by atoms with Crippen LogP contribution in [-0.2, 0) is 0 Å². The van der Waals surface area contributed by atoms with Gasteiger partial charge in [0.25, 0.3) is 0 Å². The quantitative estimate of drug-likeness (QED) is 0.806. The molecule has 0 spiro atoms. The minimum atomic E-state index is 0.733. The lowest BCUT2D eigenvalue weighted by atomic mass is 10.1. The maximum Gasteiger partial charge on any atom is 0.173 e. The van der Waals surface area contributed by atoms with Gasteiger partial charge in [0.2, 0.25) is 0 Å². The summed E-state index contributed by atoms with van der Waals surface area (Å²) in [5, 5.41) is 4.10. The van der Waals surface area contributed by atoms with Gasteiger partial charge in [0.15, 0.2) is 5.11 Å². The number of nitrogens with zero attached hydrogens (tertiary/aromatic N) is 2. The van der Waals surface area contributed by atoms with Crippen molar-refractivity contribution in [3.05, 3.63) is 47.5 Å². The van der Waals surface area contributed by atoms with Crippen LogP contribution in [0, 0.1) is 13.8 Å². The second-order valence-corrected chi connectivity index (χ2v) is 7.10. The lowest BCUT2D eigenvalue weighted by molar-refractivity contribution is 0.381. The first-order valence-electron chi connectivity index (χ1n) is 9.12. The van der Waals surface area contributed by atoms with Crippen LogP contribution in [0.25, 0.3) is 0 Å². The SMILES string of the molecule is COc1cc(C)c(C)cc1NC(=S)N1CCN(c2ccccc2OC)CC1. The lowest BCUT2D eigenvalue weighted by Gasteiger charge is -2.38. The zero-order valence-corrected chi connectivity index (χ0v) is 17.2. The predicted octanol–water partition coefficient (Wildman–Crippen LogP) is 3.84. The number of methoxy groups -OCH3 is 2. The van der Waals surface area contributed by atoms with Crippen molar-refractivity contribution in [2.24, 2.45) is 0 Å². The normalized spacial score (nSPS) is 14.1. The Morgan fingerprint density at radius 3 is 2.22 bits per heavy atom. The average molecular weight is 386 g/mol. The van der Waals surface area contributed by atoms with Crippen LogP contribution >= 0.6 is 12.2 Å². The van der Waals surface area contributed by atoms with Gasteiger partial charge in [-0.1, -0.05) is 12.1 Å². The highest BCUT2D eigenvalue weighted by molar-refractivity contribution is 7.80. The molecule has 3 rings (SSSR count). The van der Waals surface area contributed by atoms with Gasteiger partial charge in [-0.15, -0.1) is 0 Å². The third-order valence-corrected chi connectivity index (χ3v) is 5.41. The maximum atomic E-state index is 5.66. The van der Waals surface area contributed by atoms with E-state index in [1.165, 1.54) is 11.1 Å². The molecule has 1 N–H and O–H groups in total. The molecule has 1 saturated heterocycles. The molecule has 2 aromatic rings. The second kappa shape index (κ2) is 8.48. The van der Waals surface area contributed by atoms with E-state index in [1.807, 2.05) is 24.3 Å². The van der Waals surface area contributed by atoms with Gasteiger partial charge in [0.05, 0.1) is 25.6 Å². The molecule has 0 aliphatic carbocycles. The van der Waals surface area contributed by atoms with E-state index >= 15 is 0 Å². The summed E-state index contributed by atoms with van der Waals surface area (Å²) >= 11 is 5.66. The third kappa shape index (κ3) is 4.27. The van der Waals surface area contributed by atoms with Gasteiger partial charge >= 0.3 is 0 Å². The molecular weight excluding hydrogens is 358 g/mol. The van der Waals surface area contributed by atoms with Crippen molar-refractivity contribution in [2.45, 2.75) is 13.8 Å². The molecule has 0 atom stereocenters. The van der Waals surface area contributed by atoms with Gasteiger partial charge in [-0.3, -0.25) is 0 Å². The first-order chi connectivity index (χ1) is 13.0. The molecule has 1 aliphatic heterocycles. The molecule has 1 heterocycles. The molecule has 0 bridgehead atoms. The fourth-order valence-corrected chi connectivity index (χ4v) is 3.58. The Kier molecular flexibility index (Phi) is 6.06. The maximum absolute atomic E-state index is 5.66. The van der Waals surface area contributed by atoms with E-state index < -0.39 is 0 Å². The fourth-order valence-electron chi connectivity index (χ4n) is 3.29. The molecule has 144 valence electrons. The van der Waals surface area contributed by atoms with Crippen LogP contribution < -0.4 is 19.7 Å². The first-order valence-corrected chi connectivity index (χ1v) is 9.53. The Bertz CT molecular complexity index is 817. The van der Waals surface area contributed by atoms with Crippen molar-refractivity contribution >= 4 is 28.7 Å². The standard InChI is InChI=1S/C21H27N3O2S/c1-15-13-17(20(26-4)14-16(15)2)22-21(27)24-11-9-23(10-12-24)18-7-5-6-8-19(18)25-3/h5-8,13-14H,9-12H2,1-4H3,(H,22,27). The number of nitrogens with one attached hydrogen (secondary N) is 1. The number of anilines is 2. The third-order valence-electron chi connectivity index (χ3n) is 5.05. The van der Waals surface area contributed by atoms with Gasteiger partial charge in [-0.25, -0.2) is 0 Å². The molecule has 1 fully saturated rings. The molecule has 1 aliphatic rings. The monoisotopic (exact) mass is 385 g/mol. The molecule has 6 heteroatoms. The molecule has 5 nitrogen and oxygen atoms in total. The van der Waals surface area contributed by atoms with E-state index in [0.717, 1.165) is 54.2 Å². The second-order valence-electron chi connectivity index (χ2n) is 6.71. The van der Waals surface area contributed by atoms with Crippen LogP contribution in [0.4, 0.5) is 11.4 Å². The Morgan fingerprint density at radius 1 is 0.926 bits per heavy atom. The van der Waals surface area contributed by atoms with Gasteiger partial charge in [0.1, 0.15) is 11.5 Å². The lowest BCUT2D eigenvalue weighted by Crippen LogP contribution is -2.50. The van der Waals surface area contributed by atoms with E-state index in [4.69, 9.17) is 21.7 Å². The van der Waals surface area contributed by atoms with Gasteiger partial charge in [-0.05, 0) is 61.5 Å². The van der Waals surface area contributed by atoms with E-state index in [0.29, 0.717) is 0 Å². The molecule has 0 unspecified atom stereocenters. The van der Waals surface area contributed by atoms with Crippen molar-refractivity contribution in [2.75, 3.05) is 50.6 Å². The zero-order chi connectivity index (χ0) is 19.4. The molecule has 0 aromatic heterocycles. The van der Waals surface area contributed by atoms with Gasteiger partial charge < -0.3 is 24.6 Å². The van der Waals surface area contributed by atoms with Crippen molar-refractivity contribution < 1.29 is 9.47 Å². The Balaban J connectivity index is 1.65. The van der Waals surface area contributed by atoms with Crippen LogP contribution in [0.1, 0.15) is 11.1 Å². The topological polar surface area (TPSA) is 37.0 Å². The smallest absolute Gasteiger partial charge is 0.173 e. The summed E-state index contributed by atoms with van der Waals surface area (Å²) in [6.45, 7) is 7.68. The summed E-state index contributed by atoms with van der Waals surface area (Å²) in [5.74, 6) is 1.72. The number of hydrogen-bond acceptors (Lipinski definition) is 4. The van der Waals surface area contributed by atoms with E-state index in [1.54, 1.807) is 14.2 Å². The number of piperazine rings is 1. The number of thiocarbonyl (C=S) groups is 1. The summed E-state index contributed by atoms with van der Waals surface area (Å²) in [4.78, 5) is 4.55. The largest absolute Gasteiger partial charge is 0.495 e. The minimum absolute atomic E-state index is 0.733. The van der Waals surface area contributed by atoms with Gasteiger partial charge in [0, 0.05) is 26.2 Å². The summed E-state index contributed by atoms with van der Waals surface area (Å²) in [6, 6.07) is 12.3. The van der Waals surface area contributed by atoms with E-state index in [9.17, 15) is 0 Å². The minimum Gasteiger partial charge on any atom is -0.495 e. The highest BCUT2D eigenvalue weighted by Crippen LogP contribution is 2.30. The Morgan fingerprint density at radius 2 is 1.56 bits per heavy atom. The highest BCUT2D eigenvalue weighted by atomic mass is 32.1. The van der Waals surface area contributed by atoms with Crippen LogP contribution in [0.3, 0.4) is 0 Å². The number of aryl methyl sites for hydroxylation is 2.